The molecule has 2 aliphatic rings. The summed E-state index contributed by atoms with van der Waals surface area (Å²) in [6, 6.07) is 12.3. The number of thioether (sulfide) groups is 1. The predicted octanol–water partition coefficient (Wildman–Crippen LogP) is 2.07. The minimum absolute atomic E-state index is 0.557. The normalized spacial score (nSPS) is 28.6. The lowest BCUT2D eigenvalue weighted by Crippen LogP contribution is -2.48. The molecule has 3 rings (SSSR count). The number of hydrogen-bond acceptors (Lipinski definition) is 4. The van der Waals surface area contributed by atoms with Gasteiger partial charge in [0.1, 0.15) is 0 Å². The Labute approximate surface area is 133 Å². The van der Waals surface area contributed by atoms with E-state index >= 15 is 0 Å². The summed E-state index contributed by atoms with van der Waals surface area (Å²) in [7, 11) is 2.24. The van der Waals surface area contributed by atoms with E-state index in [1.807, 2.05) is 0 Å². The van der Waals surface area contributed by atoms with Crippen molar-refractivity contribution in [3.8, 4) is 0 Å². The summed E-state index contributed by atoms with van der Waals surface area (Å²) >= 11 is 2.10. The van der Waals surface area contributed by atoms with Crippen LogP contribution in [0.2, 0.25) is 0 Å². The number of nitrogens with one attached hydrogen (secondary N) is 1. The third kappa shape index (κ3) is 4.22. The lowest BCUT2D eigenvalue weighted by molar-refractivity contribution is 0.0865. The van der Waals surface area contributed by atoms with E-state index in [9.17, 15) is 0 Å². The second-order valence-corrected chi connectivity index (χ2v) is 7.39. The zero-order valence-electron chi connectivity index (χ0n) is 13.0. The van der Waals surface area contributed by atoms with E-state index in [-0.39, 0.29) is 0 Å². The molecule has 4 heteroatoms. The van der Waals surface area contributed by atoms with Gasteiger partial charge in [-0.05, 0) is 19.0 Å². The van der Waals surface area contributed by atoms with Crippen LogP contribution in [0.5, 0.6) is 0 Å². The first-order chi connectivity index (χ1) is 10.3. The van der Waals surface area contributed by atoms with E-state index in [0.29, 0.717) is 12.1 Å². The largest absolute Gasteiger partial charge is 0.312 e. The van der Waals surface area contributed by atoms with Crippen LogP contribution in [0.3, 0.4) is 0 Å². The third-order valence-corrected chi connectivity index (χ3v) is 5.77. The van der Waals surface area contributed by atoms with Crippen LogP contribution < -0.4 is 5.32 Å². The van der Waals surface area contributed by atoms with Crippen LogP contribution in [0, 0.1) is 0 Å². The number of hydrogen-bond donors (Lipinski definition) is 1. The van der Waals surface area contributed by atoms with Crippen LogP contribution in [0.15, 0.2) is 30.3 Å². The van der Waals surface area contributed by atoms with Gasteiger partial charge in [0.2, 0.25) is 0 Å². The Bertz CT molecular complexity index is 419. The molecule has 0 bridgehead atoms. The Morgan fingerprint density at radius 1 is 1.24 bits per heavy atom. The van der Waals surface area contributed by atoms with E-state index in [1.54, 1.807) is 0 Å². The highest BCUT2D eigenvalue weighted by Gasteiger charge is 2.27. The zero-order chi connectivity index (χ0) is 14.5. The molecule has 116 valence electrons. The smallest absolute Gasteiger partial charge is 0.0475 e. The average molecular weight is 305 g/mol. The molecule has 2 saturated heterocycles. The Morgan fingerprint density at radius 2 is 2.10 bits per heavy atom. The molecule has 1 N–H and O–H groups in total. The highest BCUT2D eigenvalue weighted by atomic mass is 32.2. The molecule has 0 aliphatic carbocycles. The topological polar surface area (TPSA) is 18.5 Å². The van der Waals surface area contributed by atoms with Crippen molar-refractivity contribution in [2.24, 2.45) is 0 Å². The van der Waals surface area contributed by atoms with Crippen molar-refractivity contribution in [3.05, 3.63) is 35.9 Å². The number of likely N-dealkylation sites (N-methyl/N-ethyl adjacent to an activating group) is 1. The first kappa shape index (κ1) is 15.3. The maximum Gasteiger partial charge on any atom is 0.0475 e. The fraction of sp³-hybridized carbons (Fsp3) is 0.647. The monoisotopic (exact) mass is 305 g/mol. The van der Waals surface area contributed by atoms with Crippen molar-refractivity contribution in [1.29, 1.82) is 0 Å². The molecule has 2 unspecified atom stereocenters. The van der Waals surface area contributed by atoms with Gasteiger partial charge in [-0.2, -0.15) is 11.8 Å². The van der Waals surface area contributed by atoms with Gasteiger partial charge in [-0.25, -0.2) is 0 Å². The summed E-state index contributed by atoms with van der Waals surface area (Å²) in [5.74, 6) is 2.56. The summed E-state index contributed by atoms with van der Waals surface area (Å²) in [5, 5.41) is 3.66. The Balaban J connectivity index is 1.61. The molecular weight excluding hydrogens is 278 g/mol. The van der Waals surface area contributed by atoms with Gasteiger partial charge < -0.3 is 10.2 Å². The molecule has 0 spiro atoms. The van der Waals surface area contributed by atoms with Gasteiger partial charge in [0.15, 0.2) is 0 Å². The fourth-order valence-electron chi connectivity index (χ4n) is 3.34. The van der Waals surface area contributed by atoms with Gasteiger partial charge in [0.25, 0.3) is 0 Å². The molecule has 21 heavy (non-hydrogen) atoms. The van der Waals surface area contributed by atoms with Gasteiger partial charge in [0.05, 0.1) is 0 Å². The van der Waals surface area contributed by atoms with Crippen LogP contribution >= 0.6 is 11.8 Å². The summed E-state index contributed by atoms with van der Waals surface area (Å²) in [6.07, 6.45) is 1.28. The van der Waals surface area contributed by atoms with Crippen molar-refractivity contribution in [1.82, 2.24) is 15.1 Å². The standard InChI is InChI=1S/C17H27N3S/c1-19-10-11-20(9-7-16-14-21-12-8-18-16)17(13-19)15-5-3-2-4-6-15/h2-6,16-18H,7-14H2,1H3. The highest BCUT2D eigenvalue weighted by molar-refractivity contribution is 7.99. The maximum atomic E-state index is 3.66. The summed E-state index contributed by atoms with van der Waals surface area (Å²) in [6.45, 7) is 5.93. The second-order valence-electron chi connectivity index (χ2n) is 6.24. The molecule has 2 heterocycles. The predicted molar refractivity (Wildman–Crippen MR) is 92.0 cm³/mol. The number of rotatable bonds is 4. The van der Waals surface area contributed by atoms with Gasteiger partial charge >= 0.3 is 0 Å². The quantitative estimate of drug-likeness (QED) is 0.917. The van der Waals surface area contributed by atoms with Gasteiger partial charge in [0, 0.05) is 56.3 Å². The molecule has 0 aromatic heterocycles. The Hall–Kier alpha value is -0.550. The highest BCUT2D eigenvalue weighted by Crippen LogP contribution is 2.25. The first-order valence-corrected chi connectivity index (χ1v) is 9.27. The van der Waals surface area contributed by atoms with Gasteiger partial charge in [-0.15, -0.1) is 0 Å². The second kappa shape index (κ2) is 7.63. The molecule has 1 aromatic carbocycles. The molecule has 0 saturated carbocycles. The van der Waals surface area contributed by atoms with Crippen molar-refractivity contribution in [2.45, 2.75) is 18.5 Å². The van der Waals surface area contributed by atoms with E-state index in [2.05, 4.69) is 64.3 Å². The molecule has 0 radical (unpaired) electrons. The van der Waals surface area contributed by atoms with Crippen molar-refractivity contribution in [2.75, 3.05) is 51.3 Å². The minimum atomic E-state index is 0.557. The first-order valence-electron chi connectivity index (χ1n) is 8.11. The number of piperazine rings is 1. The SMILES string of the molecule is CN1CCN(CCC2CSCCN2)C(c2ccccc2)C1. The van der Waals surface area contributed by atoms with Gasteiger partial charge in [-0.1, -0.05) is 30.3 Å². The summed E-state index contributed by atoms with van der Waals surface area (Å²) < 4.78 is 0. The Kier molecular flexibility index (Phi) is 5.58. The van der Waals surface area contributed by atoms with Crippen LogP contribution in [0.1, 0.15) is 18.0 Å². The fourth-order valence-corrected chi connectivity index (χ4v) is 4.34. The zero-order valence-corrected chi connectivity index (χ0v) is 13.8. The van der Waals surface area contributed by atoms with E-state index in [0.717, 1.165) is 6.54 Å². The van der Waals surface area contributed by atoms with E-state index < -0.39 is 0 Å². The third-order valence-electron chi connectivity index (χ3n) is 4.64. The van der Waals surface area contributed by atoms with Crippen LogP contribution in [0.25, 0.3) is 0 Å². The minimum Gasteiger partial charge on any atom is -0.312 e. The van der Waals surface area contributed by atoms with E-state index in [4.69, 9.17) is 0 Å². The molecule has 2 aliphatic heterocycles. The van der Waals surface area contributed by atoms with Crippen LogP contribution in [-0.2, 0) is 0 Å². The van der Waals surface area contributed by atoms with Crippen LogP contribution in [0.4, 0.5) is 0 Å². The number of nitrogens with zero attached hydrogens (tertiary/aromatic N) is 2. The maximum absolute atomic E-state index is 3.66. The molecule has 2 atom stereocenters. The van der Waals surface area contributed by atoms with Gasteiger partial charge in [-0.3, -0.25) is 4.90 Å². The van der Waals surface area contributed by atoms with Crippen molar-refractivity contribution in [3.63, 3.8) is 0 Å². The lowest BCUT2D eigenvalue weighted by atomic mass is 10.0. The Morgan fingerprint density at radius 3 is 2.86 bits per heavy atom. The summed E-state index contributed by atoms with van der Waals surface area (Å²) in [5.41, 5.74) is 1.47. The van der Waals surface area contributed by atoms with E-state index in [1.165, 1.54) is 49.7 Å². The van der Waals surface area contributed by atoms with Crippen molar-refractivity contribution < 1.29 is 0 Å². The number of benzene rings is 1. The molecule has 3 nitrogen and oxygen atoms in total. The molecule has 0 amide bonds. The van der Waals surface area contributed by atoms with Crippen LogP contribution in [-0.4, -0.2) is 67.1 Å². The molecule has 2 fully saturated rings. The molecule has 1 aromatic rings. The molecular formula is C17H27N3S. The average Bonchev–Trinajstić information content (AvgIpc) is 2.55. The lowest BCUT2D eigenvalue weighted by Gasteiger charge is -2.41. The van der Waals surface area contributed by atoms with Crippen molar-refractivity contribution >= 4 is 11.8 Å². The summed E-state index contributed by atoms with van der Waals surface area (Å²) in [4.78, 5) is 5.15.